The molecule has 0 radical (unpaired) electrons. The topological polar surface area (TPSA) is 55.1 Å². The molecule has 0 aromatic rings. The molecule has 0 unspecified atom stereocenters. The summed E-state index contributed by atoms with van der Waals surface area (Å²) in [6.07, 6.45) is 4.12. The lowest BCUT2D eigenvalue weighted by Gasteiger charge is -2.28. The molecule has 1 saturated carbocycles. The van der Waals surface area contributed by atoms with Gasteiger partial charge in [0.2, 0.25) is 5.91 Å². The summed E-state index contributed by atoms with van der Waals surface area (Å²) in [6.45, 7) is 5.50. The first-order valence-corrected chi connectivity index (χ1v) is 5.62. The van der Waals surface area contributed by atoms with Gasteiger partial charge in [0.05, 0.1) is 0 Å². The predicted molar refractivity (Wildman–Crippen MR) is 57.8 cm³/mol. The van der Waals surface area contributed by atoms with Crippen LogP contribution >= 0.6 is 0 Å². The van der Waals surface area contributed by atoms with Crippen molar-refractivity contribution in [1.29, 1.82) is 0 Å². The highest BCUT2D eigenvalue weighted by Gasteiger charge is 2.24. The minimum absolute atomic E-state index is 0.118. The number of primary amides is 1. The average molecular weight is 198 g/mol. The van der Waals surface area contributed by atoms with Gasteiger partial charge in [0, 0.05) is 12.0 Å². The summed E-state index contributed by atoms with van der Waals surface area (Å²) in [7, 11) is 0. The maximum atomic E-state index is 10.9. The third-order valence-corrected chi connectivity index (χ3v) is 2.94. The molecule has 3 N–H and O–H groups in total. The van der Waals surface area contributed by atoms with Gasteiger partial charge in [-0.15, -0.1) is 0 Å². The second-order valence-corrected chi connectivity index (χ2v) is 4.75. The van der Waals surface area contributed by atoms with Crippen molar-refractivity contribution >= 4 is 5.91 Å². The van der Waals surface area contributed by atoms with Crippen LogP contribution < -0.4 is 11.1 Å². The Labute approximate surface area is 86.4 Å². The lowest BCUT2D eigenvalue weighted by molar-refractivity contribution is -0.122. The maximum Gasteiger partial charge on any atom is 0.220 e. The molecule has 0 saturated heterocycles. The molecule has 0 atom stereocenters. The summed E-state index contributed by atoms with van der Waals surface area (Å²) in [5.41, 5.74) is 5.28. The Bertz CT molecular complexity index is 184. The van der Waals surface area contributed by atoms with Crippen LogP contribution in [0.2, 0.25) is 0 Å². The zero-order valence-electron chi connectivity index (χ0n) is 9.25. The molecular weight excluding hydrogens is 176 g/mol. The molecule has 1 rings (SSSR count). The van der Waals surface area contributed by atoms with E-state index in [2.05, 4.69) is 19.2 Å². The number of amides is 1. The van der Waals surface area contributed by atoms with Crippen LogP contribution in [-0.2, 0) is 4.79 Å². The van der Waals surface area contributed by atoms with Crippen molar-refractivity contribution in [2.45, 2.75) is 45.6 Å². The van der Waals surface area contributed by atoms with Gasteiger partial charge < -0.3 is 11.1 Å². The zero-order chi connectivity index (χ0) is 10.6. The molecule has 3 heteroatoms. The standard InChI is InChI=1S/C11H22N2O/c1-8(2)7-13-10-5-3-9(4-6-10)11(12)14/h8-10,13H,3-7H2,1-2H3,(H2,12,14). The van der Waals surface area contributed by atoms with E-state index in [0.29, 0.717) is 12.0 Å². The van der Waals surface area contributed by atoms with E-state index in [1.807, 2.05) is 0 Å². The van der Waals surface area contributed by atoms with Gasteiger partial charge in [-0.3, -0.25) is 4.79 Å². The van der Waals surface area contributed by atoms with Crippen molar-refractivity contribution in [1.82, 2.24) is 5.32 Å². The second-order valence-electron chi connectivity index (χ2n) is 4.75. The van der Waals surface area contributed by atoms with E-state index < -0.39 is 0 Å². The quantitative estimate of drug-likeness (QED) is 0.715. The smallest absolute Gasteiger partial charge is 0.220 e. The van der Waals surface area contributed by atoms with E-state index in [4.69, 9.17) is 5.73 Å². The highest BCUT2D eigenvalue weighted by Crippen LogP contribution is 2.23. The van der Waals surface area contributed by atoms with Crippen LogP contribution in [0, 0.1) is 11.8 Å². The van der Waals surface area contributed by atoms with Crippen molar-refractivity contribution < 1.29 is 4.79 Å². The molecule has 82 valence electrons. The molecule has 3 nitrogen and oxygen atoms in total. The number of nitrogens with one attached hydrogen (secondary N) is 1. The van der Waals surface area contributed by atoms with E-state index in [-0.39, 0.29) is 11.8 Å². The van der Waals surface area contributed by atoms with E-state index in [0.717, 1.165) is 32.2 Å². The number of hydrogen-bond acceptors (Lipinski definition) is 2. The number of rotatable bonds is 4. The molecule has 0 bridgehead atoms. The molecule has 0 spiro atoms. The summed E-state index contributed by atoms with van der Waals surface area (Å²) in [6, 6.07) is 0.605. The fraction of sp³-hybridized carbons (Fsp3) is 0.909. The van der Waals surface area contributed by atoms with Gasteiger partial charge in [-0.05, 0) is 38.1 Å². The normalized spacial score (nSPS) is 27.9. The Hall–Kier alpha value is -0.570. The Kier molecular flexibility index (Phi) is 4.39. The number of carbonyl (C=O) groups is 1. The SMILES string of the molecule is CC(C)CNC1CCC(C(N)=O)CC1. The van der Waals surface area contributed by atoms with Crippen LogP contribution in [0.4, 0.5) is 0 Å². The Balaban J connectivity index is 2.19. The van der Waals surface area contributed by atoms with Crippen LogP contribution in [0.1, 0.15) is 39.5 Å². The monoisotopic (exact) mass is 198 g/mol. The average Bonchev–Trinajstić information content (AvgIpc) is 2.15. The van der Waals surface area contributed by atoms with Gasteiger partial charge in [0.25, 0.3) is 0 Å². The van der Waals surface area contributed by atoms with Crippen molar-refractivity contribution in [3.63, 3.8) is 0 Å². The van der Waals surface area contributed by atoms with Gasteiger partial charge in [0.1, 0.15) is 0 Å². The zero-order valence-corrected chi connectivity index (χ0v) is 9.25. The highest BCUT2D eigenvalue weighted by atomic mass is 16.1. The summed E-state index contributed by atoms with van der Waals surface area (Å²) in [5.74, 6) is 0.711. The maximum absolute atomic E-state index is 10.9. The van der Waals surface area contributed by atoms with Gasteiger partial charge >= 0.3 is 0 Å². The lowest BCUT2D eigenvalue weighted by Crippen LogP contribution is -2.38. The van der Waals surface area contributed by atoms with Crippen LogP contribution in [0.25, 0.3) is 0 Å². The third-order valence-electron chi connectivity index (χ3n) is 2.94. The largest absolute Gasteiger partial charge is 0.369 e. The summed E-state index contributed by atoms with van der Waals surface area (Å²) in [5, 5.41) is 3.53. The van der Waals surface area contributed by atoms with Crippen LogP contribution in [0.15, 0.2) is 0 Å². The molecule has 0 aliphatic heterocycles. The Morgan fingerprint density at radius 3 is 2.36 bits per heavy atom. The van der Waals surface area contributed by atoms with Gasteiger partial charge in [-0.1, -0.05) is 13.8 Å². The van der Waals surface area contributed by atoms with Crippen molar-refractivity contribution in [3.05, 3.63) is 0 Å². The fourth-order valence-corrected chi connectivity index (χ4v) is 1.98. The first-order valence-electron chi connectivity index (χ1n) is 5.62. The Morgan fingerprint density at radius 2 is 1.93 bits per heavy atom. The minimum Gasteiger partial charge on any atom is -0.369 e. The van der Waals surface area contributed by atoms with Gasteiger partial charge in [-0.2, -0.15) is 0 Å². The van der Waals surface area contributed by atoms with Crippen LogP contribution in [0.3, 0.4) is 0 Å². The van der Waals surface area contributed by atoms with Gasteiger partial charge in [-0.25, -0.2) is 0 Å². The molecule has 0 heterocycles. The van der Waals surface area contributed by atoms with E-state index in [1.165, 1.54) is 0 Å². The fourth-order valence-electron chi connectivity index (χ4n) is 1.98. The molecule has 1 fully saturated rings. The second kappa shape index (κ2) is 5.35. The summed E-state index contributed by atoms with van der Waals surface area (Å²) >= 11 is 0. The first kappa shape index (κ1) is 11.5. The van der Waals surface area contributed by atoms with Crippen molar-refractivity contribution in [3.8, 4) is 0 Å². The summed E-state index contributed by atoms with van der Waals surface area (Å²) < 4.78 is 0. The molecule has 14 heavy (non-hydrogen) atoms. The van der Waals surface area contributed by atoms with Gasteiger partial charge in [0.15, 0.2) is 0 Å². The predicted octanol–water partition coefficient (Wildman–Crippen LogP) is 1.28. The summed E-state index contributed by atoms with van der Waals surface area (Å²) in [4.78, 5) is 10.9. The van der Waals surface area contributed by atoms with Crippen molar-refractivity contribution in [2.75, 3.05) is 6.54 Å². The first-order chi connectivity index (χ1) is 6.59. The molecule has 1 aliphatic carbocycles. The number of carbonyl (C=O) groups excluding carboxylic acids is 1. The van der Waals surface area contributed by atoms with Crippen LogP contribution in [-0.4, -0.2) is 18.5 Å². The van der Waals surface area contributed by atoms with Crippen molar-refractivity contribution in [2.24, 2.45) is 17.6 Å². The number of nitrogens with two attached hydrogens (primary N) is 1. The van der Waals surface area contributed by atoms with E-state index in [1.54, 1.807) is 0 Å². The van der Waals surface area contributed by atoms with E-state index in [9.17, 15) is 4.79 Å². The molecule has 1 aliphatic rings. The molecule has 0 aromatic carbocycles. The third kappa shape index (κ3) is 3.66. The van der Waals surface area contributed by atoms with Crippen LogP contribution in [0.5, 0.6) is 0 Å². The molecule has 0 aromatic heterocycles. The number of hydrogen-bond donors (Lipinski definition) is 2. The molecule has 1 amide bonds. The molecular formula is C11H22N2O. The minimum atomic E-state index is -0.118. The Morgan fingerprint density at radius 1 is 1.36 bits per heavy atom. The lowest BCUT2D eigenvalue weighted by atomic mass is 9.85. The highest BCUT2D eigenvalue weighted by molar-refractivity contribution is 5.76. The van der Waals surface area contributed by atoms with E-state index >= 15 is 0 Å².